The number of hydrogen-bond donors (Lipinski definition) is 1. The van der Waals surface area contributed by atoms with E-state index >= 15 is 0 Å². The van der Waals surface area contributed by atoms with Crippen LogP contribution in [0.3, 0.4) is 0 Å². The highest BCUT2D eigenvalue weighted by atomic mass is 35.5. The predicted molar refractivity (Wildman–Crippen MR) is 114 cm³/mol. The van der Waals surface area contributed by atoms with Crippen LogP contribution < -0.4 is 10.1 Å². The number of halogens is 1. The standard InChI is InChI=1S/C20H17ClN4O3S/c1-25-11-22-15-7-12(3-6-17(15)25)9-28-20(26)23-16-10-29-24-19(16)14-5-4-13(21)8-18(14)27-2/h3-8,10-11H,9H2,1-2H3,(H,23,26). The summed E-state index contributed by atoms with van der Waals surface area (Å²) in [7, 11) is 3.49. The molecule has 0 fully saturated rings. The molecule has 1 N–H and O–H groups in total. The lowest BCUT2D eigenvalue weighted by Gasteiger charge is -2.10. The van der Waals surface area contributed by atoms with Gasteiger partial charge in [-0.1, -0.05) is 17.7 Å². The fourth-order valence-electron chi connectivity index (χ4n) is 2.95. The van der Waals surface area contributed by atoms with Gasteiger partial charge in [0.15, 0.2) is 0 Å². The van der Waals surface area contributed by atoms with Crippen LogP contribution in [0.15, 0.2) is 48.1 Å². The molecule has 0 unspecified atom stereocenters. The molecule has 148 valence electrons. The molecule has 0 atom stereocenters. The van der Waals surface area contributed by atoms with Crippen LogP contribution >= 0.6 is 23.1 Å². The normalized spacial score (nSPS) is 10.9. The Hall–Kier alpha value is -3.10. The van der Waals surface area contributed by atoms with Crippen molar-refractivity contribution < 1.29 is 14.3 Å². The lowest BCUT2D eigenvalue weighted by molar-refractivity contribution is 0.155. The van der Waals surface area contributed by atoms with E-state index in [2.05, 4.69) is 14.7 Å². The van der Waals surface area contributed by atoms with Crippen LogP contribution in [0.25, 0.3) is 22.3 Å². The van der Waals surface area contributed by atoms with Gasteiger partial charge in [0.25, 0.3) is 0 Å². The number of methoxy groups -OCH3 is 1. The molecule has 2 aromatic carbocycles. The summed E-state index contributed by atoms with van der Waals surface area (Å²) >= 11 is 7.25. The second-order valence-electron chi connectivity index (χ2n) is 6.30. The van der Waals surface area contributed by atoms with Gasteiger partial charge in [0.1, 0.15) is 18.1 Å². The highest BCUT2D eigenvalue weighted by molar-refractivity contribution is 7.04. The van der Waals surface area contributed by atoms with Gasteiger partial charge in [-0.15, -0.1) is 0 Å². The second-order valence-corrected chi connectivity index (χ2v) is 7.37. The van der Waals surface area contributed by atoms with Gasteiger partial charge in [-0.3, -0.25) is 5.32 Å². The topological polar surface area (TPSA) is 78.3 Å². The molecule has 0 spiro atoms. The smallest absolute Gasteiger partial charge is 0.412 e. The number of carbonyl (C=O) groups excluding carboxylic acids is 1. The number of imidazole rings is 1. The van der Waals surface area contributed by atoms with Crippen molar-refractivity contribution in [2.45, 2.75) is 6.61 Å². The average Bonchev–Trinajstić information content (AvgIpc) is 3.32. The Morgan fingerprint density at radius 1 is 1.28 bits per heavy atom. The zero-order valence-electron chi connectivity index (χ0n) is 15.7. The first kappa shape index (κ1) is 19.2. The average molecular weight is 429 g/mol. The van der Waals surface area contributed by atoms with Crippen molar-refractivity contribution >= 4 is 45.9 Å². The molecule has 4 rings (SSSR count). The number of amides is 1. The summed E-state index contributed by atoms with van der Waals surface area (Å²) in [4.78, 5) is 16.6. The van der Waals surface area contributed by atoms with Gasteiger partial charge in [0.05, 0.1) is 30.2 Å². The summed E-state index contributed by atoms with van der Waals surface area (Å²) < 4.78 is 17.0. The fourth-order valence-corrected chi connectivity index (χ4v) is 3.74. The second kappa shape index (κ2) is 8.10. The molecule has 2 aromatic heterocycles. The van der Waals surface area contributed by atoms with E-state index in [1.54, 1.807) is 37.0 Å². The fraction of sp³-hybridized carbons (Fsp3) is 0.150. The molecule has 0 aliphatic carbocycles. The van der Waals surface area contributed by atoms with Gasteiger partial charge >= 0.3 is 6.09 Å². The van der Waals surface area contributed by atoms with E-state index in [-0.39, 0.29) is 6.61 Å². The molecule has 29 heavy (non-hydrogen) atoms. The highest BCUT2D eigenvalue weighted by Gasteiger charge is 2.16. The minimum atomic E-state index is -0.569. The van der Waals surface area contributed by atoms with Crippen LogP contribution in [0.4, 0.5) is 10.5 Å². The Morgan fingerprint density at radius 2 is 2.14 bits per heavy atom. The molecule has 0 aliphatic rings. The summed E-state index contributed by atoms with van der Waals surface area (Å²) in [6.07, 6.45) is 1.18. The Bertz CT molecular complexity index is 1190. The van der Waals surface area contributed by atoms with Crippen LogP contribution in [-0.4, -0.2) is 27.1 Å². The number of aromatic nitrogens is 3. The van der Waals surface area contributed by atoms with Crippen LogP contribution in [0, 0.1) is 0 Å². The first-order valence-corrected chi connectivity index (χ1v) is 9.88. The van der Waals surface area contributed by atoms with Crippen LogP contribution in [0.2, 0.25) is 5.02 Å². The number of carbonyl (C=O) groups is 1. The summed E-state index contributed by atoms with van der Waals surface area (Å²) in [6.45, 7) is 0.134. The van der Waals surface area contributed by atoms with Gasteiger partial charge < -0.3 is 14.0 Å². The Labute approximate surface area is 176 Å². The first-order valence-electron chi connectivity index (χ1n) is 8.67. The number of hydrogen-bond acceptors (Lipinski definition) is 6. The summed E-state index contributed by atoms with van der Waals surface area (Å²) in [5.41, 5.74) is 4.59. The third-order valence-corrected chi connectivity index (χ3v) is 5.25. The Kier molecular flexibility index (Phi) is 5.37. The molecule has 0 bridgehead atoms. The molecule has 0 saturated carbocycles. The quantitative estimate of drug-likeness (QED) is 0.478. The van der Waals surface area contributed by atoms with Crippen LogP contribution in [-0.2, 0) is 18.4 Å². The number of ether oxygens (including phenoxy) is 2. The molecule has 2 heterocycles. The van der Waals surface area contributed by atoms with E-state index in [0.717, 1.165) is 22.2 Å². The summed E-state index contributed by atoms with van der Waals surface area (Å²) in [5, 5.41) is 5.04. The predicted octanol–water partition coefficient (Wildman–Crippen LogP) is 5.11. The minimum absolute atomic E-state index is 0.134. The van der Waals surface area contributed by atoms with Crippen molar-refractivity contribution in [3.8, 4) is 17.0 Å². The first-order chi connectivity index (χ1) is 14.0. The molecule has 0 radical (unpaired) electrons. The van der Waals surface area contributed by atoms with Crippen molar-refractivity contribution in [3.05, 3.63) is 58.7 Å². The maximum atomic E-state index is 12.3. The van der Waals surface area contributed by atoms with Crippen molar-refractivity contribution in [2.75, 3.05) is 12.4 Å². The highest BCUT2D eigenvalue weighted by Crippen LogP contribution is 2.36. The number of fused-ring (bicyclic) bond motifs is 1. The van der Waals surface area contributed by atoms with Gasteiger partial charge in [0.2, 0.25) is 0 Å². The van der Waals surface area contributed by atoms with E-state index in [1.807, 2.05) is 29.8 Å². The van der Waals surface area contributed by atoms with Gasteiger partial charge in [-0.2, -0.15) is 4.37 Å². The Balaban J connectivity index is 1.46. The van der Waals surface area contributed by atoms with Gasteiger partial charge in [0, 0.05) is 23.0 Å². The number of nitrogens with zero attached hydrogens (tertiary/aromatic N) is 3. The monoisotopic (exact) mass is 428 g/mol. The third kappa shape index (κ3) is 4.03. The summed E-state index contributed by atoms with van der Waals surface area (Å²) in [6, 6.07) is 11.0. The zero-order valence-corrected chi connectivity index (χ0v) is 17.3. The van der Waals surface area contributed by atoms with E-state index in [4.69, 9.17) is 21.1 Å². The largest absolute Gasteiger partial charge is 0.496 e. The van der Waals surface area contributed by atoms with Crippen LogP contribution in [0.1, 0.15) is 5.56 Å². The molecule has 1 amide bonds. The number of nitrogens with one attached hydrogen (secondary N) is 1. The van der Waals surface area contributed by atoms with Crippen molar-refractivity contribution in [1.29, 1.82) is 0 Å². The molecular formula is C20H17ClN4O3S. The van der Waals surface area contributed by atoms with E-state index in [0.29, 0.717) is 22.2 Å². The van der Waals surface area contributed by atoms with Crippen molar-refractivity contribution in [1.82, 2.24) is 13.9 Å². The third-order valence-electron chi connectivity index (χ3n) is 4.38. The lowest BCUT2D eigenvalue weighted by Crippen LogP contribution is -2.13. The number of rotatable bonds is 5. The molecule has 4 aromatic rings. The van der Waals surface area contributed by atoms with Gasteiger partial charge in [-0.25, -0.2) is 9.78 Å². The molecule has 0 aliphatic heterocycles. The molecule has 9 heteroatoms. The number of benzene rings is 2. The maximum absolute atomic E-state index is 12.3. The Morgan fingerprint density at radius 3 is 2.97 bits per heavy atom. The van der Waals surface area contributed by atoms with Gasteiger partial charge in [-0.05, 0) is 47.4 Å². The number of aryl methyl sites for hydroxylation is 1. The van der Waals surface area contributed by atoms with Crippen molar-refractivity contribution in [2.24, 2.45) is 7.05 Å². The van der Waals surface area contributed by atoms with E-state index in [1.165, 1.54) is 11.5 Å². The number of anilines is 1. The molecule has 0 saturated heterocycles. The maximum Gasteiger partial charge on any atom is 0.412 e. The SMILES string of the molecule is COc1cc(Cl)ccc1-c1nscc1NC(=O)OCc1ccc2c(c1)ncn2C. The summed E-state index contributed by atoms with van der Waals surface area (Å²) in [5.74, 6) is 0.573. The zero-order chi connectivity index (χ0) is 20.4. The van der Waals surface area contributed by atoms with E-state index < -0.39 is 6.09 Å². The molecule has 7 nitrogen and oxygen atoms in total. The lowest BCUT2D eigenvalue weighted by atomic mass is 10.1. The minimum Gasteiger partial charge on any atom is -0.496 e. The van der Waals surface area contributed by atoms with Crippen molar-refractivity contribution in [3.63, 3.8) is 0 Å². The van der Waals surface area contributed by atoms with Crippen LogP contribution in [0.5, 0.6) is 5.75 Å². The van der Waals surface area contributed by atoms with E-state index in [9.17, 15) is 4.79 Å². The molecular weight excluding hydrogens is 412 g/mol.